The van der Waals surface area contributed by atoms with Gasteiger partial charge in [-0.2, -0.15) is 0 Å². The van der Waals surface area contributed by atoms with Crippen molar-refractivity contribution in [3.63, 3.8) is 0 Å². The summed E-state index contributed by atoms with van der Waals surface area (Å²) in [5.41, 5.74) is 0.424. The zero-order chi connectivity index (χ0) is 49.8. The van der Waals surface area contributed by atoms with Crippen molar-refractivity contribution in [3.05, 3.63) is 88.0 Å². The Hall–Kier alpha value is -4.93. The minimum Gasteiger partial charge on any atom is -0.508 e. The lowest BCUT2D eigenvalue weighted by atomic mass is 9.96. The van der Waals surface area contributed by atoms with Gasteiger partial charge in [0, 0.05) is 52.9 Å². The highest BCUT2D eigenvalue weighted by Crippen LogP contribution is 2.25. The Kier molecular flexibility index (Phi) is 24.7. The van der Waals surface area contributed by atoms with E-state index in [-0.39, 0.29) is 53.7 Å². The number of β-amino-alcohol motifs (C(OH)–C–C–N with tert-alkyl or cyclic N) is 3. The first kappa shape index (κ1) is 59.1. The van der Waals surface area contributed by atoms with Gasteiger partial charge in [-0.15, -0.1) is 0 Å². The summed E-state index contributed by atoms with van der Waals surface area (Å²) in [6.45, 7) is 18.8. The summed E-state index contributed by atoms with van der Waals surface area (Å²) in [5, 5.41) is 129. The molecule has 362 valence electrons. The maximum Gasteiger partial charge on any atom is 0.336 e. The molecule has 0 aromatic heterocycles. The molecular formula is C45H71N3O16. The molecule has 0 aliphatic carbocycles. The van der Waals surface area contributed by atoms with Crippen molar-refractivity contribution >= 4 is 17.9 Å². The lowest BCUT2D eigenvalue weighted by Crippen LogP contribution is -2.42. The van der Waals surface area contributed by atoms with Gasteiger partial charge in [-0.25, -0.2) is 4.79 Å². The average molecular weight is 910 g/mol. The molecule has 64 heavy (non-hydrogen) atoms. The molecule has 19 nitrogen and oxygen atoms in total. The smallest absolute Gasteiger partial charge is 0.336 e. The van der Waals surface area contributed by atoms with E-state index in [0.29, 0.717) is 53.0 Å². The number of nitrogens with one attached hydrogen (secondary N) is 3. The molecule has 0 aliphatic heterocycles. The molecule has 3 aromatic rings. The second-order valence-electron chi connectivity index (χ2n) is 18.1. The molecule has 0 heterocycles. The van der Waals surface area contributed by atoms with Crippen molar-refractivity contribution in [2.24, 2.45) is 0 Å². The molecule has 0 radical (unpaired) electrons. The molecule has 16 N–H and O–H groups in total. The van der Waals surface area contributed by atoms with Gasteiger partial charge in [0.2, 0.25) is 0 Å². The zero-order valence-electron chi connectivity index (χ0n) is 38.1. The minimum atomic E-state index is -2.74. The molecule has 0 fully saturated rings. The summed E-state index contributed by atoms with van der Waals surface area (Å²) in [7, 11) is 0. The summed E-state index contributed by atoms with van der Waals surface area (Å²) in [5.74, 6) is -4.87. The van der Waals surface area contributed by atoms with E-state index in [2.05, 4.69) is 16.0 Å². The summed E-state index contributed by atoms with van der Waals surface area (Å²) in [4.78, 5) is 30.5. The van der Waals surface area contributed by atoms with Gasteiger partial charge in [0.05, 0.1) is 51.0 Å². The van der Waals surface area contributed by atoms with Crippen molar-refractivity contribution in [2.75, 3.05) is 19.6 Å². The molecule has 3 atom stereocenters. The van der Waals surface area contributed by atoms with E-state index in [9.17, 15) is 45.0 Å². The summed E-state index contributed by atoms with van der Waals surface area (Å²) >= 11 is 0. The molecule has 3 aromatic carbocycles. The first-order chi connectivity index (χ1) is 29.3. The van der Waals surface area contributed by atoms with Crippen LogP contribution in [0.4, 0.5) is 0 Å². The van der Waals surface area contributed by atoms with Crippen molar-refractivity contribution in [3.8, 4) is 17.2 Å². The Morgan fingerprint density at radius 3 is 0.891 bits per heavy atom. The standard InChI is InChI=1S/3C13H21NO3.C6H8O7/c3*1-13(2,3)14-7-12(17)9-4-5-11(16)10(6-9)8-15;7-3(8)1-6(13,5(11)12)2-4(9)10/h3*4-6,12,14-17H,7-8H2,1-3H3;13H,1-2H2,(H,7,8)(H,9,10)(H,11,12). The number of hydrogen-bond acceptors (Lipinski definition) is 16. The topological polar surface area (TPSA) is 350 Å². The van der Waals surface area contributed by atoms with Crippen LogP contribution < -0.4 is 16.0 Å². The molecule has 3 rings (SSSR count). The molecular weight excluding hydrogens is 839 g/mol. The SMILES string of the molecule is CC(C)(C)NCC(O)c1ccc(O)c(CO)c1.CC(C)(C)NCC(O)c1ccc(O)c(CO)c1.CC(C)(C)NCC(O)c1ccc(O)c(CO)c1.O=C(O)CC(O)(CC(=O)O)C(=O)O. The first-order valence-corrected chi connectivity index (χ1v) is 20.2. The number of carbonyl (C=O) groups is 3. The molecule has 0 spiro atoms. The molecule has 0 saturated carbocycles. The van der Waals surface area contributed by atoms with Crippen LogP contribution in [0.5, 0.6) is 17.2 Å². The summed E-state index contributed by atoms with van der Waals surface area (Å²) in [6.07, 6.45) is -4.25. The Morgan fingerprint density at radius 2 is 0.719 bits per heavy atom. The predicted octanol–water partition coefficient (Wildman–Crippen LogP) is 2.67. The van der Waals surface area contributed by atoms with Gasteiger partial charge in [-0.05, 0) is 115 Å². The highest BCUT2D eigenvalue weighted by Gasteiger charge is 2.40. The van der Waals surface area contributed by atoms with Gasteiger partial charge >= 0.3 is 17.9 Å². The molecule has 0 saturated heterocycles. The molecule has 0 aliphatic rings. The number of hydrogen-bond donors (Lipinski definition) is 16. The largest absolute Gasteiger partial charge is 0.508 e. The number of aromatic hydroxyl groups is 3. The average Bonchev–Trinajstić information content (AvgIpc) is 3.18. The number of carboxylic acids is 3. The maximum absolute atomic E-state index is 10.3. The molecule has 0 bridgehead atoms. The Labute approximate surface area is 374 Å². The van der Waals surface area contributed by atoms with E-state index < -0.39 is 54.7 Å². The third-order valence-electron chi connectivity index (χ3n) is 8.74. The molecule has 3 unspecified atom stereocenters. The lowest BCUT2D eigenvalue weighted by molar-refractivity contribution is -0.170. The van der Waals surface area contributed by atoms with Gasteiger partial charge < -0.3 is 82.3 Å². The van der Waals surface area contributed by atoms with Crippen LogP contribution in [0.25, 0.3) is 0 Å². The van der Waals surface area contributed by atoms with Crippen LogP contribution in [0.1, 0.15) is 127 Å². The number of rotatable bonds is 17. The summed E-state index contributed by atoms with van der Waals surface area (Å²) < 4.78 is 0. The molecule has 0 amide bonds. The van der Waals surface area contributed by atoms with E-state index in [1.165, 1.54) is 18.2 Å². The number of benzene rings is 3. The van der Waals surface area contributed by atoms with Gasteiger partial charge in [0.15, 0.2) is 5.60 Å². The van der Waals surface area contributed by atoms with Gasteiger partial charge in [0.25, 0.3) is 0 Å². The number of aliphatic hydroxyl groups is 7. The fraction of sp³-hybridized carbons (Fsp3) is 0.533. The summed E-state index contributed by atoms with van der Waals surface area (Å²) in [6, 6.07) is 14.3. The second-order valence-corrected chi connectivity index (χ2v) is 18.1. The van der Waals surface area contributed by atoms with Crippen LogP contribution in [0.2, 0.25) is 0 Å². The third-order valence-corrected chi connectivity index (χ3v) is 8.74. The van der Waals surface area contributed by atoms with Crippen LogP contribution in [0, 0.1) is 0 Å². The van der Waals surface area contributed by atoms with Gasteiger partial charge in [0.1, 0.15) is 17.2 Å². The van der Waals surface area contributed by atoms with Gasteiger partial charge in [-0.1, -0.05) is 18.2 Å². The van der Waals surface area contributed by atoms with Crippen molar-refractivity contribution in [2.45, 2.75) is 136 Å². The quantitative estimate of drug-likeness (QED) is 0.0925. The lowest BCUT2D eigenvalue weighted by Gasteiger charge is -2.23. The van der Waals surface area contributed by atoms with Crippen molar-refractivity contribution in [1.29, 1.82) is 0 Å². The van der Waals surface area contributed by atoms with E-state index in [0.717, 1.165) is 0 Å². The van der Waals surface area contributed by atoms with E-state index in [1.807, 2.05) is 62.3 Å². The number of aliphatic hydroxyl groups excluding tert-OH is 6. The predicted molar refractivity (Wildman–Crippen MR) is 237 cm³/mol. The first-order valence-electron chi connectivity index (χ1n) is 20.2. The van der Waals surface area contributed by atoms with Crippen molar-refractivity contribution < 1.29 is 80.8 Å². The minimum absolute atomic E-state index is 0.0484. The van der Waals surface area contributed by atoms with Crippen LogP contribution in [0.3, 0.4) is 0 Å². The third kappa shape index (κ3) is 24.2. The highest BCUT2D eigenvalue weighted by atomic mass is 16.4. The number of carboxylic acid groups (broad SMARTS) is 3. The Balaban J connectivity index is 0.000000832. The maximum atomic E-state index is 10.3. The van der Waals surface area contributed by atoms with E-state index >= 15 is 0 Å². The van der Waals surface area contributed by atoms with Crippen LogP contribution in [-0.4, -0.2) is 126 Å². The monoisotopic (exact) mass is 909 g/mol. The van der Waals surface area contributed by atoms with Gasteiger partial charge in [-0.3, -0.25) is 9.59 Å². The van der Waals surface area contributed by atoms with Crippen LogP contribution in [-0.2, 0) is 34.2 Å². The van der Waals surface area contributed by atoms with Crippen LogP contribution in [0.15, 0.2) is 54.6 Å². The fourth-order valence-corrected chi connectivity index (χ4v) is 5.09. The number of aliphatic carboxylic acids is 3. The Morgan fingerprint density at radius 1 is 0.484 bits per heavy atom. The number of phenols is 3. The van der Waals surface area contributed by atoms with E-state index in [1.54, 1.807) is 36.4 Å². The highest BCUT2D eigenvalue weighted by molar-refractivity contribution is 5.88. The van der Waals surface area contributed by atoms with Crippen LogP contribution >= 0.6 is 0 Å². The van der Waals surface area contributed by atoms with Crippen molar-refractivity contribution in [1.82, 2.24) is 16.0 Å². The molecule has 19 heteroatoms. The second kappa shape index (κ2) is 26.8. The Bertz CT molecular complexity index is 1710. The fourth-order valence-electron chi connectivity index (χ4n) is 5.09. The normalized spacial score (nSPS) is 13.1. The zero-order valence-corrected chi connectivity index (χ0v) is 38.1. The van der Waals surface area contributed by atoms with E-state index in [4.69, 9.17) is 35.7 Å².